The van der Waals surface area contributed by atoms with E-state index in [4.69, 9.17) is 9.47 Å². The number of rotatable bonds is 5. The van der Waals surface area contributed by atoms with Gasteiger partial charge in [-0.2, -0.15) is 0 Å². The Morgan fingerprint density at radius 2 is 1.76 bits per heavy atom. The van der Waals surface area contributed by atoms with Crippen LogP contribution in [0.15, 0.2) is 17.0 Å². The fourth-order valence-electron chi connectivity index (χ4n) is 2.84. The van der Waals surface area contributed by atoms with Gasteiger partial charge in [0.15, 0.2) is 0 Å². The summed E-state index contributed by atoms with van der Waals surface area (Å²) in [4.78, 5) is 0.175. The normalized spacial score (nSPS) is 16.7. The zero-order valence-corrected chi connectivity index (χ0v) is 13.6. The van der Waals surface area contributed by atoms with Gasteiger partial charge in [0.05, 0.1) is 14.2 Å². The largest absolute Gasteiger partial charge is 0.496 e. The first-order valence-electron chi connectivity index (χ1n) is 7.23. The van der Waals surface area contributed by atoms with Crippen LogP contribution in [0.5, 0.6) is 11.5 Å². The molecule has 1 aliphatic carbocycles. The third-order valence-corrected chi connectivity index (χ3v) is 5.50. The van der Waals surface area contributed by atoms with Crippen molar-refractivity contribution < 1.29 is 17.9 Å². The Morgan fingerprint density at radius 1 is 1.10 bits per heavy atom. The summed E-state index contributed by atoms with van der Waals surface area (Å²) in [5.74, 6) is 0.959. The van der Waals surface area contributed by atoms with E-state index in [1.165, 1.54) is 19.6 Å². The highest BCUT2D eigenvalue weighted by Gasteiger charge is 2.26. The molecule has 0 amide bonds. The molecule has 1 aromatic carbocycles. The fraction of sp³-hybridized carbons (Fsp3) is 0.600. The maximum absolute atomic E-state index is 12.6. The van der Waals surface area contributed by atoms with Crippen molar-refractivity contribution in [2.75, 3.05) is 14.2 Å². The summed E-state index contributed by atoms with van der Waals surface area (Å²) in [5.41, 5.74) is 0.687. The first-order valence-corrected chi connectivity index (χ1v) is 8.72. The minimum atomic E-state index is -3.58. The molecule has 0 bridgehead atoms. The topological polar surface area (TPSA) is 64.6 Å². The number of hydrogen-bond donors (Lipinski definition) is 1. The Morgan fingerprint density at radius 3 is 2.33 bits per heavy atom. The highest BCUT2D eigenvalue weighted by atomic mass is 32.2. The van der Waals surface area contributed by atoms with Crippen molar-refractivity contribution in [2.45, 2.75) is 50.0 Å². The van der Waals surface area contributed by atoms with E-state index in [1.807, 2.05) is 0 Å². The molecular formula is C15H23NO4S. The van der Waals surface area contributed by atoms with Gasteiger partial charge < -0.3 is 9.47 Å². The van der Waals surface area contributed by atoms with E-state index >= 15 is 0 Å². The monoisotopic (exact) mass is 313 g/mol. The molecular weight excluding hydrogens is 290 g/mol. The van der Waals surface area contributed by atoms with E-state index in [0.717, 1.165) is 25.7 Å². The number of nitrogens with one attached hydrogen (secondary N) is 1. The van der Waals surface area contributed by atoms with E-state index in [1.54, 1.807) is 20.1 Å². The van der Waals surface area contributed by atoms with Crippen LogP contribution in [0.3, 0.4) is 0 Å². The van der Waals surface area contributed by atoms with Crippen LogP contribution in [0.1, 0.15) is 37.7 Å². The molecule has 1 aliphatic rings. The van der Waals surface area contributed by atoms with Crippen LogP contribution in [-0.2, 0) is 10.0 Å². The highest BCUT2D eigenvalue weighted by molar-refractivity contribution is 7.89. The number of sulfonamides is 1. The van der Waals surface area contributed by atoms with Gasteiger partial charge in [0.2, 0.25) is 10.0 Å². The Bertz CT molecular complexity index is 592. The summed E-state index contributed by atoms with van der Waals surface area (Å²) >= 11 is 0. The standard InChI is InChI=1S/C15H23NO4S/c1-11-13(19-2)9-10-14(15(11)20-3)21(17,18)16-12-7-5-4-6-8-12/h9-10,12,16H,4-8H2,1-3H3. The van der Waals surface area contributed by atoms with E-state index in [-0.39, 0.29) is 10.9 Å². The molecule has 118 valence electrons. The van der Waals surface area contributed by atoms with E-state index in [0.29, 0.717) is 17.1 Å². The molecule has 0 spiro atoms. The predicted molar refractivity (Wildman–Crippen MR) is 81.5 cm³/mol. The SMILES string of the molecule is COc1ccc(S(=O)(=O)NC2CCCCC2)c(OC)c1C. The van der Waals surface area contributed by atoms with Crippen molar-refractivity contribution in [2.24, 2.45) is 0 Å². The predicted octanol–water partition coefficient (Wildman–Crippen LogP) is 2.62. The van der Waals surface area contributed by atoms with Crippen LogP contribution < -0.4 is 14.2 Å². The van der Waals surface area contributed by atoms with Crippen molar-refractivity contribution in [3.63, 3.8) is 0 Å². The van der Waals surface area contributed by atoms with Crippen molar-refractivity contribution in [1.29, 1.82) is 0 Å². The van der Waals surface area contributed by atoms with Crippen LogP contribution in [0.25, 0.3) is 0 Å². The van der Waals surface area contributed by atoms with Crippen molar-refractivity contribution in [3.8, 4) is 11.5 Å². The third-order valence-electron chi connectivity index (χ3n) is 3.96. The number of benzene rings is 1. The summed E-state index contributed by atoms with van der Waals surface area (Å²) < 4.78 is 38.5. The molecule has 5 nitrogen and oxygen atoms in total. The van der Waals surface area contributed by atoms with E-state index in [2.05, 4.69) is 4.72 Å². The molecule has 1 N–H and O–H groups in total. The zero-order chi connectivity index (χ0) is 15.5. The zero-order valence-electron chi connectivity index (χ0n) is 12.8. The second-order valence-electron chi connectivity index (χ2n) is 5.38. The van der Waals surface area contributed by atoms with E-state index < -0.39 is 10.0 Å². The van der Waals surface area contributed by atoms with Gasteiger partial charge in [0, 0.05) is 11.6 Å². The van der Waals surface area contributed by atoms with Gasteiger partial charge in [-0.25, -0.2) is 13.1 Å². The maximum Gasteiger partial charge on any atom is 0.244 e. The molecule has 0 heterocycles. The quantitative estimate of drug-likeness (QED) is 0.907. The molecule has 0 aliphatic heterocycles. The second kappa shape index (κ2) is 6.66. The summed E-state index contributed by atoms with van der Waals surface area (Å²) in [6, 6.07) is 3.22. The summed E-state index contributed by atoms with van der Waals surface area (Å²) in [7, 11) is -0.555. The van der Waals surface area contributed by atoms with E-state index in [9.17, 15) is 8.42 Å². The van der Waals surface area contributed by atoms with Crippen LogP contribution in [0.4, 0.5) is 0 Å². The summed E-state index contributed by atoms with van der Waals surface area (Å²) in [5, 5.41) is 0. The summed E-state index contributed by atoms with van der Waals surface area (Å²) in [6.07, 6.45) is 5.13. The highest BCUT2D eigenvalue weighted by Crippen LogP contribution is 2.34. The van der Waals surface area contributed by atoms with Gasteiger partial charge in [-0.3, -0.25) is 0 Å². The lowest BCUT2D eigenvalue weighted by atomic mass is 9.96. The molecule has 0 saturated heterocycles. The van der Waals surface area contributed by atoms with Gasteiger partial charge in [-0.1, -0.05) is 19.3 Å². The van der Waals surface area contributed by atoms with Crippen molar-refractivity contribution >= 4 is 10.0 Å². The molecule has 1 fully saturated rings. The first kappa shape index (κ1) is 16.1. The lowest BCUT2D eigenvalue weighted by Gasteiger charge is -2.23. The third kappa shape index (κ3) is 3.49. The number of ether oxygens (including phenoxy) is 2. The molecule has 1 aromatic rings. The van der Waals surface area contributed by atoms with Crippen LogP contribution in [0.2, 0.25) is 0 Å². The summed E-state index contributed by atoms with van der Waals surface area (Å²) in [6.45, 7) is 1.79. The molecule has 0 unspecified atom stereocenters. The van der Waals surface area contributed by atoms with Gasteiger partial charge in [0.25, 0.3) is 0 Å². The molecule has 2 rings (SSSR count). The average molecular weight is 313 g/mol. The van der Waals surface area contributed by atoms with Crippen molar-refractivity contribution in [3.05, 3.63) is 17.7 Å². The minimum absolute atomic E-state index is 0.0239. The Labute approximate surface area is 126 Å². The molecule has 0 radical (unpaired) electrons. The lowest BCUT2D eigenvalue weighted by molar-refractivity contribution is 0.378. The molecule has 6 heteroatoms. The Kier molecular flexibility index (Phi) is 5.11. The fourth-order valence-corrected chi connectivity index (χ4v) is 4.37. The molecule has 1 saturated carbocycles. The second-order valence-corrected chi connectivity index (χ2v) is 7.06. The van der Waals surface area contributed by atoms with Crippen LogP contribution in [-0.4, -0.2) is 28.7 Å². The Balaban J connectivity index is 2.33. The van der Waals surface area contributed by atoms with Gasteiger partial charge in [-0.05, 0) is 31.9 Å². The maximum atomic E-state index is 12.6. The van der Waals surface area contributed by atoms with Crippen LogP contribution in [0, 0.1) is 6.92 Å². The van der Waals surface area contributed by atoms with Crippen LogP contribution >= 0.6 is 0 Å². The van der Waals surface area contributed by atoms with Gasteiger partial charge in [0.1, 0.15) is 16.4 Å². The Hall–Kier alpha value is -1.27. The molecule has 0 atom stereocenters. The minimum Gasteiger partial charge on any atom is -0.496 e. The number of methoxy groups -OCH3 is 2. The van der Waals surface area contributed by atoms with Gasteiger partial charge >= 0.3 is 0 Å². The molecule has 21 heavy (non-hydrogen) atoms. The molecule has 0 aromatic heterocycles. The van der Waals surface area contributed by atoms with Crippen molar-refractivity contribution in [1.82, 2.24) is 4.72 Å². The smallest absolute Gasteiger partial charge is 0.244 e. The lowest BCUT2D eigenvalue weighted by Crippen LogP contribution is -2.36. The average Bonchev–Trinajstić information content (AvgIpc) is 2.47. The first-order chi connectivity index (χ1) is 9.99. The number of hydrogen-bond acceptors (Lipinski definition) is 4. The van der Waals surface area contributed by atoms with Gasteiger partial charge in [-0.15, -0.1) is 0 Å².